The van der Waals surface area contributed by atoms with Crippen molar-refractivity contribution in [3.8, 4) is 0 Å². The van der Waals surface area contributed by atoms with Crippen LogP contribution in [0.25, 0.3) is 0 Å². The lowest BCUT2D eigenvalue weighted by molar-refractivity contribution is -0.140. The predicted molar refractivity (Wildman–Crippen MR) is 68.9 cm³/mol. The first-order chi connectivity index (χ1) is 9.25. The quantitative estimate of drug-likeness (QED) is 0.815. The van der Waals surface area contributed by atoms with Gasteiger partial charge in [-0.05, 0) is 43.4 Å². The molecule has 0 saturated heterocycles. The van der Waals surface area contributed by atoms with Gasteiger partial charge in [0.2, 0.25) is 0 Å². The molecule has 1 aromatic carbocycles. The second-order valence-electron chi connectivity index (χ2n) is 4.88. The van der Waals surface area contributed by atoms with Gasteiger partial charge in [0.1, 0.15) is 5.82 Å². The highest BCUT2D eigenvalue weighted by molar-refractivity contribution is 5.33. The summed E-state index contributed by atoms with van der Waals surface area (Å²) in [5, 5.41) is 0. The number of hydrogen-bond donors (Lipinski definition) is 1. The molecule has 1 atom stereocenters. The smallest absolute Gasteiger partial charge is 0.383 e. The van der Waals surface area contributed by atoms with Crippen LogP contribution in [0.1, 0.15) is 29.5 Å². The molecule has 0 fully saturated rings. The highest BCUT2D eigenvalue weighted by Gasteiger charge is 2.34. The maximum absolute atomic E-state index is 13.5. The summed E-state index contributed by atoms with van der Waals surface area (Å²) >= 11 is 0. The van der Waals surface area contributed by atoms with Gasteiger partial charge in [-0.15, -0.1) is 0 Å². The molecular formula is C14H19F4NO. The van der Waals surface area contributed by atoms with Gasteiger partial charge in [-0.3, -0.25) is 0 Å². The molecule has 1 rings (SSSR count). The van der Waals surface area contributed by atoms with Crippen molar-refractivity contribution in [2.75, 3.05) is 13.7 Å². The summed E-state index contributed by atoms with van der Waals surface area (Å²) in [4.78, 5) is 0. The first kappa shape index (κ1) is 16.9. The minimum Gasteiger partial charge on any atom is -0.383 e. The summed E-state index contributed by atoms with van der Waals surface area (Å²) in [7, 11) is 1.54. The van der Waals surface area contributed by atoms with Crippen LogP contribution in [0.4, 0.5) is 17.6 Å². The SMILES string of the molecule is COCC(N)CCCc1cc(C)c(F)c(C(F)(F)F)c1. The molecule has 0 aliphatic carbocycles. The van der Waals surface area contributed by atoms with E-state index in [1.54, 1.807) is 7.11 Å². The first-order valence-corrected chi connectivity index (χ1v) is 6.36. The highest BCUT2D eigenvalue weighted by atomic mass is 19.4. The van der Waals surface area contributed by atoms with Crippen molar-refractivity contribution < 1.29 is 22.3 Å². The molecule has 0 bridgehead atoms. The van der Waals surface area contributed by atoms with Gasteiger partial charge in [0.25, 0.3) is 0 Å². The minimum atomic E-state index is -4.67. The van der Waals surface area contributed by atoms with Gasteiger partial charge < -0.3 is 10.5 Å². The number of rotatable bonds is 6. The number of halogens is 4. The van der Waals surface area contributed by atoms with Gasteiger partial charge in [-0.1, -0.05) is 6.07 Å². The molecule has 2 N–H and O–H groups in total. The summed E-state index contributed by atoms with van der Waals surface area (Å²) < 4.78 is 56.4. The van der Waals surface area contributed by atoms with Crippen LogP contribution >= 0.6 is 0 Å². The van der Waals surface area contributed by atoms with Crippen LogP contribution in [-0.4, -0.2) is 19.8 Å². The van der Waals surface area contributed by atoms with Crippen molar-refractivity contribution in [2.24, 2.45) is 5.73 Å². The third-order valence-corrected chi connectivity index (χ3v) is 3.04. The van der Waals surface area contributed by atoms with E-state index in [1.165, 1.54) is 13.0 Å². The van der Waals surface area contributed by atoms with Crippen LogP contribution < -0.4 is 5.73 Å². The van der Waals surface area contributed by atoms with Gasteiger partial charge in [-0.2, -0.15) is 13.2 Å². The third kappa shape index (κ3) is 4.76. The Hall–Kier alpha value is -1.14. The summed E-state index contributed by atoms with van der Waals surface area (Å²) in [5.41, 5.74) is 5.02. The Morgan fingerprint density at radius 3 is 2.50 bits per heavy atom. The molecule has 114 valence electrons. The van der Waals surface area contributed by atoms with Crippen LogP contribution in [0, 0.1) is 12.7 Å². The lowest BCUT2D eigenvalue weighted by Gasteiger charge is -2.13. The molecule has 20 heavy (non-hydrogen) atoms. The fraction of sp³-hybridized carbons (Fsp3) is 0.571. The topological polar surface area (TPSA) is 35.2 Å². The molecule has 1 aromatic rings. The molecule has 0 aromatic heterocycles. The van der Waals surface area contributed by atoms with Crippen molar-refractivity contribution in [1.29, 1.82) is 0 Å². The van der Waals surface area contributed by atoms with Gasteiger partial charge in [-0.25, -0.2) is 4.39 Å². The average Bonchev–Trinajstić information content (AvgIpc) is 2.32. The molecule has 6 heteroatoms. The number of ether oxygens (including phenoxy) is 1. The fourth-order valence-electron chi connectivity index (χ4n) is 2.06. The van der Waals surface area contributed by atoms with E-state index in [1.807, 2.05) is 0 Å². The molecule has 0 spiro atoms. The number of benzene rings is 1. The van der Waals surface area contributed by atoms with Gasteiger partial charge in [0, 0.05) is 13.2 Å². The van der Waals surface area contributed by atoms with Gasteiger partial charge in [0.15, 0.2) is 0 Å². The molecule has 0 aliphatic heterocycles. The monoisotopic (exact) mass is 293 g/mol. The Morgan fingerprint density at radius 1 is 1.30 bits per heavy atom. The van der Waals surface area contributed by atoms with E-state index in [0.717, 1.165) is 6.07 Å². The standard InChI is InChI=1S/C14H19F4NO/c1-9-6-10(4-3-5-11(19)8-20-2)7-12(13(9)15)14(16,17)18/h6-7,11H,3-5,8,19H2,1-2H3. The Kier molecular flexibility index (Phi) is 5.95. The maximum atomic E-state index is 13.5. The Labute approximate surface area is 115 Å². The van der Waals surface area contributed by atoms with Crippen LogP contribution in [0.2, 0.25) is 0 Å². The maximum Gasteiger partial charge on any atom is 0.419 e. The molecule has 0 heterocycles. The van der Waals surface area contributed by atoms with Crippen molar-refractivity contribution in [3.63, 3.8) is 0 Å². The number of hydrogen-bond acceptors (Lipinski definition) is 2. The number of nitrogens with two attached hydrogens (primary N) is 1. The molecular weight excluding hydrogens is 274 g/mol. The van der Waals surface area contributed by atoms with Crippen LogP contribution in [0.5, 0.6) is 0 Å². The summed E-state index contributed by atoms with van der Waals surface area (Å²) in [5.74, 6) is -1.20. The van der Waals surface area contributed by atoms with Crippen molar-refractivity contribution >= 4 is 0 Å². The van der Waals surface area contributed by atoms with Crippen LogP contribution in [-0.2, 0) is 17.3 Å². The number of aryl methyl sites for hydroxylation is 2. The summed E-state index contributed by atoms with van der Waals surface area (Å²) in [6.07, 6.45) is -2.96. The van der Waals surface area contributed by atoms with E-state index in [2.05, 4.69) is 0 Å². The van der Waals surface area contributed by atoms with Gasteiger partial charge in [0.05, 0.1) is 12.2 Å². The van der Waals surface area contributed by atoms with E-state index in [4.69, 9.17) is 10.5 Å². The van der Waals surface area contributed by atoms with E-state index in [0.29, 0.717) is 31.4 Å². The number of alkyl halides is 3. The largest absolute Gasteiger partial charge is 0.419 e. The molecule has 0 radical (unpaired) electrons. The van der Waals surface area contributed by atoms with Crippen molar-refractivity contribution in [2.45, 2.75) is 38.4 Å². The molecule has 0 amide bonds. The van der Waals surface area contributed by atoms with E-state index in [-0.39, 0.29) is 11.6 Å². The third-order valence-electron chi connectivity index (χ3n) is 3.04. The number of methoxy groups -OCH3 is 1. The van der Waals surface area contributed by atoms with E-state index in [9.17, 15) is 17.6 Å². The van der Waals surface area contributed by atoms with Crippen molar-refractivity contribution in [1.82, 2.24) is 0 Å². The first-order valence-electron chi connectivity index (χ1n) is 6.36. The lowest BCUT2D eigenvalue weighted by atomic mass is 10.00. The molecule has 0 aliphatic rings. The van der Waals surface area contributed by atoms with Crippen LogP contribution in [0.3, 0.4) is 0 Å². The van der Waals surface area contributed by atoms with E-state index >= 15 is 0 Å². The zero-order valence-corrected chi connectivity index (χ0v) is 11.6. The average molecular weight is 293 g/mol. The zero-order valence-electron chi connectivity index (χ0n) is 11.6. The Bertz CT molecular complexity index is 446. The minimum absolute atomic E-state index is 0.0102. The second kappa shape index (κ2) is 7.04. The summed E-state index contributed by atoms with van der Waals surface area (Å²) in [6, 6.07) is 2.19. The Balaban J connectivity index is 2.75. The van der Waals surface area contributed by atoms with Crippen LogP contribution in [0.15, 0.2) is 12.1 Å². The zero-order chi connectivity index (χ0) is 15.3. The molecule has 1 unspecified atom stereocenters. The lowest BCUT2D eigenvalue weighted by Crippen LogP contribution is -2.25. The van der Waals surface area contributed by atoms with E-state index < -0.39 is 17.6 Å². The summed E-state index contributed by atoms with van der Waals surface area (Å²) in [6.45, 7) is 1.75. The van der Waals surface area contributed by atoms with Crippen molar-refractivity contribution in [3.05, 3.63) is 34.6 Å². The van der Waals surface area contributed by atoms with Gasteiger partial charge >= 0.3 is 6.18 Å². The second-order valence-corrected chi connectivity index (χ2v) is 4.88. The fourth-order valence-corrected chi connectivity index (χ4v) is 2.06. The molecule has 0 saturated carbocycles. The molecule has 2 nitrogen and oxygen atoms in total. The normalized spacial score (nSPS) is 13.6. The highest BCUT2D eigenvalue weighted by Crippen LogP contribution is 2.33. The predicted octanol–water partition coefficient (Wildman–Crippen LogP) is 3.45. The Morgan fingerprint density at radius 2 is 1.95 bits per heavy atom.